The lowest BCUT2D eigenvalue weighted by atomic mass is 10.2. The maximum Gasteiger partial charge on any atom is 0.222 e. The number of ether oxygens (including phenoxy) is 1. The van der Waals surface area contributed by atoms with Gasteiger partial charge in [0.1, 0.15) is 6.33 Å². The Balaban J connectivity index is 2.17. The number of aromatic nitrogens is 2. The number of rotatable bonds is 4. The molecule has 1 aromatic rings. The first kappa shape index (κ1) is 11.4. The van der Waals surface area contributed by atoms with Gasteiger partial charge in [0, 0.05) is 20.0 Å². The maximum absolute atomic E-state index is 11.1. The standard InChI is InChI=1S/C10H15N5O2/c1-11-9-8(17-2)10(14-5-13-9)15-6-3-7(16)12-4-6/h5-6H,3-4H2,1-2H3,(H,12,16)(H2,11,13,14,15). The van der Waals surface area contributed by atoms with Gasteiger partial charge in [0.15, 0.2) is 11.6 Å². The molecule has 92 valence electrons. The molecule has 7 heteroatoms. The second kappa shape index (κ2) is 4.86. The molecule has 1 aliphatic rings. The van der Waals surface area contributed by atoms with Gasteiger partial charge in [0.2, 0.25) is 11.7 Å². The fraction of sp³-hybridized carbons (Fsp3) is 0.500. The Morgan fingerprint density at radius 2 is 2.24 bits per heavy atom. The molecule has 0 spiro atoms. The van der Waals surface area contributed by atoms with Crippen LogP contribution in [0.2, 0.25) is 0 Å². The average Bonchev–Trinajstić information content (AvgIpc) is 2.74. The zero-order valence-electron chi connectivity index (χ0n) is 9.78. The number of amides is 1. The van der Waals surface area contributed by atoms with E-state index in [0.717, 1.165) is 0 Å². The van der Waals surface area contributed by atoms with E-state index in [1.807, 2.05) is 0 Å². The van der Waals surface area contributed by atoms with Crippen LogP contribution in [0.5, 0.6) is 5.75 Å². The molecule has 17 heavy (non-hydrogen) atoms. The van der Waals surface area contributed by atoms with Crippen LogP contribution in [-0.2, 0) is 4.79 Å². The summed E-state index contributed by atoms with van der Waals surface area (Å²) in [6.45, 7) is 0.598. The van der Waals surface area contributed by atoms with Crippen molar-refractivity contribution in [2.24, 2.45) is 0 Å². The van der Waals surface area contributed by atoms with Crippen LogP contribution in [-0.4, -0.2) is 42.6 Å². The highest BCUT2D eigenvalue weighted by molar-refractivity contribution is 5.80. The fourth-order valence-electron chi connectivity index (χ4n) is 1.75. The number of hydrogen-bond acceptors (Lipinski definition) is 6. The summed E-state index contributed by atoms with van der Waals surface area (Å²) in [5.41, 5.74) is 0. The third kappa shape index (κ3) is 2.38. The minimum atomic E-state index is 0.0380. The van der Waals surface area contributed by atoms with Gasteiger partial charge in [-0.3, -0.25) is 4.79 Å². The molecule has 1 aliphatic heterocycles. The molecule has 1 aromatic heterocycles. The van der Waals surface area contributed by atoms with Crippen molar-refractivity contribution >= 4 is 17.5 Å². The number of carbonyl (C=O) groups excluding carboxylic acids is 1. The monoisotopic (exact) mass is 237 g/mol. The Morgan fingerprint density at radius 1 is 1.47 bits per heavy atom. The predicted molar refractivity (Wildman–Crippen MR) is 63.2 cm³/mol. The van der Waals surface area contributed by atoms with E-state index in [1.165, 1.54) is 6.33 Å². The van der Waals surface area contributed by atoms with E-state index in [0.29, 0.717) is 30.4 Å². The molecule has 1 amide bonds. The zero-order valence-corrected chi connectivity index (χ0v) is 9.78. The third-order valence-electron chi connectivity index (χ3n) is 2.56. The summed E-state index contributed by atoms with van der Waals surface area (Å²) in [7, 11) is 3.32. The zero-order chi connectivity index (χ0) is 12.3. The molecule has 1 atom stereocenters. The highest BCUT2D eigenvalue weighted by Gasteiger charge is 2.23. The number of nitrogens with one attached hydrogen (secondary N) is 3. The molecule has 0 aliphatic carbocycles. The van der Waals surface area contributed by atoms with Crippen LogP contribution in [0.1, 0.15) is 6.42 Å². The SMILES string of the molecule is CNc1ncnc(NC2CNC(=O)C2)c1OC. The number of anilines is 2. The van der Waals surface area contributed by atoms with Crippen molar-refractivity contribution < 1.29 is 9.53 Å². The van der Waals surface area contributed by atoms with E-state index in [1.54, 1.807) is 14.2 Å². The largest absolute Gasteiger partial charge is 0.490 e. The summed E-state index contributed by atoms with van der Waals surface area (Å²) >= 11 is 0. The Bertz CT molecular complexity index is 423. The van der Waals surface area contributed by atoms with Crippen LogP contribution >= 0.6 is 0 Å². The average molecular weight is 237 g/mol. The van der Waals surface area contributed by atoms with Gasteiger partial charge in [-0.15, -0.1) is 0 Å². The molecule has 0 bridgehead atoms. The van der Waals surface area contributed by atoms with Crippen LogP contribution in [0.15, 0.2) is 6.33 Å². The van der Waals surface area contributed by atoms with Gasteiger partial charge in [0.25, 0.3) is 0 Å². The summed E-state index contributed by atoms with van der Waals surface area (Å²) in [5.74, 6) is 1.80. The smallest absolute Gasteiger partial charge is 0.222 e. The molecule has 0 saturated carbocycles. The van der Waals surface area contributed by atoms with Gasteiger partial charge in [0.05, 0.1) is 13.2 Å². The van der Waals surface area contributed by atoms with E-state index in [4.69, 9.17) is 4.74 Å². The van der Waals surface area contributed by atoms with Crippen LogP contribution in [0.4, 0.5) is 11.6 Å². The molecule has 1 saturated heterocycles. The first-order valence-corrected chi connectivity index (χ1v) is 5.34. The van der Waals surface area contributed by atoms with Crippen molar-refractivity contribution in [3.63, 3.8) is 0 Å². The summed E-state index contributed by atoms with van der Waals surface area (Å²) in [5, 5.41) is 8.84. The van der Waals surface area contributed by atoms with Crippen LogP contribution in [0.3, 0.4) is 0 Å². The van der Waals surface area contributed by atoms with Gasteiger partial charge in [-0.2, -0.15) is 0 Å². The Morgan fingerprint density at radius 3 is 2.82 bits per heavy atom. The quantitative estimate of drug-likeness (QED) is 0.673. The summed E-state index contributed by atoms with van der Waals surface area (Å²) in [4.78, 5) is 19.3. The molecule has 3 N–H and O–H groups in total. The van der Waals surface area contributed by atoms with E-state index in [2.05, 4.69) is 25.9 Å². The molecule has 0 aromatic carbocycles. The molecular formula is C10H15N5O2. The van der Waals surface area contributed by atoms with Gasteiger partial charge in [-0.1, -0.05) is 0 Å². The van der Waals surface area contributed by atoms with Gasteiger partial charge < -0.3 is 20.7 Å². The minimum absolute atomic E-state index is 0.0380. The van der Waals surface area contributed by atoms with Crippen molar-refractivity contribution in [2.75, 3.05) is 31.3 Å². The molecule has 2 heterocycles. The number of nitrogens with zero attached hydrogens (tertiary/aromatic N) is 2. The van der Waals surface area contributed by atoms with Gasteiger partial charge in [-0.05, 0) is 0 Å². The Hall–Kier alpha value is -2.05. The lowest BCUT2D eigenvalue weighted by Crippen LogP contribution is -2.23. The molecule has 0 radical (unpaired) electrons. The highest BCUT2D eigenvalue weighted by Crippen LogP contribution is 2.29. The summed E-state index contributed by atoms with van der Waals surface area (Å²) in [6, 6.07) is 0.0380. The summed E-state index contributed by atoms with van der Waals surface area (Å²) < 4.78 is 5.25. The number of carbonyl (C=O) groups is 1. The molecule has 7 nitrogen and oxygen atoms in total. The second-order valence-corrected chi connectivity index (χ2v) is 3.70. The van der Waals surface area contributed by atoms with E-state index in [-0.39, 0.29) is 11.9 Å². The van der Waals surface area contributed by atoms with Crippen LogP contribution < -0.4 is 20.7 Å². The van der Waals surface area contributed by atoms with Crippen molar-refractivity contribution in [1.29, 1.82) is 0 Å². The van der Waals surface area contributed by atoms with E-state index >= 15 is 0 Å². The van der Waals surface area contributed by atoms with Crippen LogP contribution in [0, 0.1) is 0 Å². The lowest BCUT2D eigenvalue weighted by molar-refractivity contribution is -0.119. The summed E-state index contributed by atoms with van der Waals surface area (Å²) in [6.07, 6.45) is 1.89. The fourth-order valence-corrected chi connectivity index (χ4v) is 1.75. The first-order valence-electron chi connectivity index (χ1n) is 5.34. The van der Waals surface area contributed by atoms with Crippen molar-refractivity contribution in [3.8, 4) is 5.75 Å². The van der Waals surface area contributed by atoms with E-state index < -0.39 is 0 Å². The predicted octanol–water partition coefficient (Wildman–Crippen LogP) is -0.173. The normalized spacial score (nSPS) is 18.7. The first-order chi connectivity index (χ1) is 8.24. The number of hydrogen-bond donors (Lipinski definition) is 3. The van der Waals surface area contributed by atoms with Crippen molar-refractivity contribution in [3.05, 3.63) is 6.33 Å². The van der Waals surface area contributed by atoms with Crippen molar-refractivity contribution in [2.45, 2.75) is 12.5 Å². The van der Waals surface area contributed by atoms with Gasteiger partial charge >= 0.3 is 0 Å². The van der Waals surface area contributed by atoms with E-state index in [9.17, 15) is 4.79 Å². The maximum atomic E-state index is 11.1. The molecule has 2 rings (SSSR count). The highest BCUT2D eigenvalue weighted by atomic mass is 16.5. The Labute approximate surface area is 99.0 Å². The molecule has 1 fully saturated rings. The Kier molecular flexibility index (Phi) is 3.27. The third-order valence-corrected chi connectivity index (χ3v) is 2.56. The molecule has 1 unspecified atom stereocenters. The lowest BCUT2D eigenvalue weighted by Gasteiger charge is -2.15. The van der Waals surface area contributed by atoms with Crippen molar-refractivity contribution in [1.82, 2.24) is 15.3 Å². The minimum Gasteiger partial charge on any atom is -0.490 e. The van der Waals surface area contributed by atoms with Crippen LogP contribution in [0.25, 0.3) is 0 Å². The topological polar surface area (TPSA) is 88.2 Å². The van der Waals surface area contributed by atoms with Gasteiger partial charge in [-0.25, -0.2) is 9.97 Å². The molecular weight excluding hydrogens is 222 g/mol. The number of methoxy groups -OCH3 is 1. The second-order valence-electron chi connectivity index (χ2n) is 3.70.